The average molecular weight is 408 g/mol. The summed E-state index contributed by atoms with van der Waals surface area (Å²) in [6.45, 7) is 5.87. The van der Waals surface area contributed by atoms with E-state index in [1.54, 1.807) is 19.1 Å². The predicted octanol–water partition coefficient (Wildman–Crippen LogP) is 5.22. The Balaban J connectivity index is 1.60. The van der Waals surface area contributed by atoms with Crippen LogP contribution in [0.4, 0.5) is 0 Å². The van der Waals surface area contributed by atoms with E-state index in [0.717, 1.165) is 30.5 Å². The van der Waals surface area contributed by atoms with Crippen LogP contribution >= 0.6 is 0 Å². The van der Waals surface area contributed by atoms with E-state index in [1.165, 1.54) is 6.42 Å². The minimum absolute atomic E-state index is 0.194. The van der Waals surface area contributed by atoms with Crippen LogP contribution in [0.3, 0.4) is 0 Å². The maximum atomic E-state index is 13.0. The van der Waals surface area contributed by atoms with Gasteiger partial charge in [0.15, 0.2) is 0 Å². The zero-order valence-corrected chi connectivity index (χ0v) is 17.7. The summed E-state index contributed by atoms with van der Waals surface area (Å²) in [6.07, 6.45) is 4.19. The van der Waals surface area contributed by atoms with E-state index in [2.05, 4.69) is 11.8 Å². The standard InChI is InChI=1S/C25H29NO4/c1-17-8-6-7-14-26(17)16-20-21(27)11-12-22-24(20)23(18(2)30-22)25(28)29-15-13-19-9-4-3-5-10-19/h3-5,9-12,17,27H,6-8,13-16H2,1-2H3/t17-/m1/s1. The summed E-state index contributed by atoms with van der Waals surface area (Å²) in [5, 5.41) is 11.3. The van der Waals surface area contributed by atoms with Crippen molar-refractivity contribution in [3.63, 3.8) is 0 Å². The first-order valence-corrected chi connectivity index (χ1v) is 10.7. The maximum absolute atomic E-state index is 13.0. The highest BCUT2D eigenvalue weighted by atomic mass is 16.5. The number of aryl methyl sites for hydroxylation is 1. The number of rotatable bonds is 6. The molecule has 0 bridgehead atoms. The number of furan rings is 1. The van der Waals surface area contributed by atoms with Gasteiger partial charge in [0.1, 0.15) is 22.7 Å². The average Bonchev–Trinajstić information content (AvgIpc) is 3.08. The monoisotopic (exact) mass is 407 g/mol. The lowest BCUT2D eigenvalue weighted by Crippen LogP contribution is -2.36. The molecule has 1 aliphatic heterocycles. The van der Waals surface area contributed by atoms with E-state index in [4.69, 9.17) is 9.15 Å². The first kappa shape index (κ1) is 20.5. The summed E-state index contributed by atoms with van der Waals surface area (Å²) in [6, 6.07) is 13.8. The van der Waals surface area contributed by atoms with Crippen LogP contribution in [0.25, 0.3) is 11.0 Å². The molecule has 5 nitrogen and oxygen atoms in total. The van der Waals surface area contributed by atoms with Crippen molar-refractivity contribution in [1.82, 2.24) is 4.90 Å². The Bertz CT molecular complexity index is 1020. The molecule has 1 fully saturated rings. The molecule has 158 valence electrons. The summed E-state index contributed by atoms with van der Waals surface area (Å²) in [7, 11) is 0. The van der Waals surface area contributed by atoms with Crippen molar-refractivity contribution in [2.45, 2.75) is 52.1 Å². The predicted molar refractivity (Wildman–Crippen MR) is 117 cm³/mol. The summed E-state index contributed by atoms with van der Waals surface area (Å²) >= 11 is 0. The van der Waals surface area contributed by atoms with Crippen LogP contribution in [0.1, 0.15) is 53.4 Å². The fourth-order valence-electron chi connectivity index (χ4n) is 4.35. The van der Waals surface area contributed by atoms with Crippen LogP contribution in [0, 0.1) is 6.92 Å². The molecule has 3 aromatic rings. The molecule has 1 atom stereocenters. The third kappa shape index (κ3) is 4.21. The molecule has 1 N–H and O–H groups in total. The van der Waals surface area contributed by atoms with E-state index in [9.17, 15) is 9.90 Å². The van der Waals surface area contributed by atoms with Gasteiger partial charge < -0.3 is 14.3 Å². The third-order valence-corrected chi connectivity index (χ3v) is 6.09. The highest BCUT2D eigenvalue weighted by Crippen LogP contribution is 2.36. The molecule has 1 aromatic heterocycles. The Labute approximate surface area is 177 Å². The summed E-state index contributed by atoms with van der Waals surface area (Å²) in [5.41, 5.74) is 2.90. The number of phenolic OH excluding ortho intramolecular Hbond substituents is 1. The summed E-state index contributed by atoms with van der Waals surface area (Å²) in [4.78, 5) is 15.3. The van der Waals surface area contributed by atoms with Gasteiger partial charge in [-0.1, -0.05) is 36.8 Å². The van der Waals surface area contributed by atoms with Crippen LogP contribution in [0.15, 0.2) is 46.9 Å². The third-order valence-electron chi connectivity index (χ3n) is 6.09. The Morgan fingerprint density at radius 2 is 2.00 bits per heavy atom. The van der Waals surface area contributed by atoms with Crippen LogP contribution in [-0.4, -0.2) is 35.2 Å². The van der Waals surface area contributed by atoms with Gasteiger partial charge in [0.25, 0.3) is 0 Å². The van der Waals surface area contributed by atoms with Gasteiger partial charge in [-0.25, -0.2) is 4.79 Å². The van der Waals surface area contributed by atoms with Gasteiger partial charge >= 0.3 is 5.97 Å². The topological polar surface area (TPSA) is 62.9 Å². The van der Waals surface area contributed by atoms with Gasteiger partial charge in [0.05, 0.1) is 6.61 Å². The molecule has 2 aromatic carbocycles. The van der Waals surface area contributed by atoms with Gasteiger partial charge in [-0.3, -0.25) is 4.90 Å². The molecular formula is C25H29NO4. The number of nitrogens with zero attached hydrogens (tertiary/aromatic N) is 1. The number of piperidine rings is 1. The highest BCUT2D eigenvalue weighted by molar-refractivity contribution is 6.06. The Morgan fingerprint density at radius 3 is 2.77 bits per heavy atom. The number of carbonyl (C=O) groups excluding carboxylic acids is 1. The Kier molecular flexibility index (Phi) is 6.09. The van der Waals surface area contributed by atoms with Crippen molar-refractivity contribution < 1.29 is 19.1 Å². The molecule has 0 amide bonds. The first-order valence-electron chi connectivity index (χ1n) is 10.7. The minimum Gasteiger partial charge on any atom is -0.508 e. The largest absolute Gasteiger partial charge is 0.508 e. The Morgan fingerprint density at radius 1 is 1.20 bits per heavy atom. The fourth-order valence-corrected chi connectivity index (χ4v) is 4.35. The lowest BCUT2D eigenvalue weighted by molar-refractivity contribution is 0.0509. The van der Waals surface area contributed by atoms with Gasteiger partial charge in [0.2, 0.25) is 0 Å². The molecule has 0 radical (unpaired) electrons. The zero-order chi connectivity index (χ0) is 21.1. The number of fused-ring (bicyclic) bond motifs is 1. The van der Waals surface area contributed by atoms with Crippen molar-refractivity contribution in [2.75, 3.05) is 13.2 Å². The molecule has 4 rings (SSSR count). The molecule has 0 saturated carbocycles. The smallest absolute Gasteiger partial charge is 0.342 e. The van der Waals surface area contributed by atoms with Crippen molar-refractivity contribution in [3.8, 4) is 5.75 Å². The number of hydrogen-bond acceptors (Lipinski definition) is 5. The molecule has 1 aliphatic rings. The minimum atomic E-state index is -0.402. The van der Waals surface area contributed by atoms with E-state index in [0.29, 0.717) is 47.9 Å². The number of likely N-dealkylation sites (tertiary alicyclic amines) is 1. The zero-order valence-electron chi connectivity index (χ0n) is 17.7. The molecular weight excluding hydrogens is 378 g/mol. The number of aromatic hydroxyl groups is 1. The fraction of sp³-hybridized carbons (Fsp3) is 0.400. The quantitative estimate of drug-likeness (QED) is 0.568. The van der Waals surface area contributed by atoms with Crippen molar-refractivity contribution in [1.29, 1.82) is 0 Å². The number of carbonyl (C=O) groups is 1. The van der Waals surface area contributed by atoms with Crippen LogP contribution in [0.5, 0.6) is 5.75 Å². The lowest BCUT2D eigenvalue weighted by Gasteiger charge is -2.33. The summed E-state index contributed by atoms with van der Waals surface area (Å²) in [5.74, 6) is 0.313. The van der Waals surface area contributed by atoms with Crippen LogP contribution < -0.4 is 0 Å². The van der Waals surface area contributed by atoms with Gasteiger partial charge in [0, 0.05) is 30.0 Å². The second kappa shape index (κ2) is 8.92. The van der Waals surface area contributed by atoms with E-state index in [1.807, 2.05) is 30.3 Å². The number of hydrogen-bond donors (Lipinski definition) is 1. The molecule has 1 saturated heterocycles. The van der Waals surface area contributed by atoms with E-state index >= 15 is 0 Å². The number of phenols is 1. The molecule has 0 aliphatic carbocycles. The number of ether oxygens (including phenoxy) is 1. The van der Waals surface area contributed by atoms with Gasteiger partial charge in [-0.05, 0) is 50.9 Å². The summed E-state index contributed by atoms with van der Waals surface area (Å²) < 4.78 is 11.5. The van der Waals surface area contributed by atoms with Gasteiger partial charge in [-0.2, -0.15) is 0 Å². The molecule has 0 unspecified atom stereocenters. The number of esters is 1. The normalized spacial score (nSPS) is 17.3. The van der Waals surface area contributed by atoms with Gasteiger partial charge in [-0.15, -0.1) is 0 Å². The molecule has 0 spiro atoms. The highest BCUT2D eigenvalue weighted by Gasteiger charge is 2.26. The molecule has 2 heterocycles. The molecule has 5 heteroatoms. The lowest BCUT2D eigenvalue weighted by atomic mass is 9.99. The second-order valence-corrected chi connectivity index (χ2v) is 8.16. The second-order valence-electron chi connectivity index (χ2n) is 8.16. The van der Waals surface area contributed by atoms with Crippen molar-refractivity contribution in [3.05, 3.63) is 64.9 Å². The van der Waals surface area contributed by atoms with E-state index < -0.39 is 5.97 Å². The Hall–Kier alpha value is -2.79. The van der Waals surface area contributed by atoms with Crippen molar-refractivity contribution in [2.24, 2.45) is 0 Å². The van der Waals surface area contributed by atoms with E-state index in [-0.39, 0.29) is 5.75 Å². The number of benzene rings is 2. The first-order chi connectivity index (χ1) is 14.5. The van der Waals surface area contributed by atoms with Crippen LogP contribution in [0.2, 0.25) is 0 Å². The van der Waals surface area contributed by atoms with Crippen molar-refractivity contribution >= 4 is 16.9 Å². The SMILES string of the molecule is Cc1oc2ccc(O)c(CN3CCCC[C@H]3C)c2c1C(=O)OCCc1ccccc1. The van der Waals surface area contributed by atoms with Crippen LogP contribution in [-0.2, 0) is 17.7 Å². The molecule has 30 heavy (non-hydrogen) atoms. The maximum Gasteiger partial charge on any atom is 0.342 e.